The van der Waals surface area contributed by atoms with Crippen molar-refractivity contribution < 1.29 is 31.1 Å². The van der Waals surface area contributed by atoms with Crippen LogP contribution in [0, 0.1) is 47.9 Å². The molecule has 0 atom stereocenters. The SMILES string of the molecule is Cc1ccc(-c2ccc(C3CCC(C4CCC(C(F)(F)Oc5cc(F)c(F)c(F)c5)CC4)CC3)c(F)c2)cc1. The maximum Gasteiger partial charge on any atom is 0.400 e. The lowest BCUT2D eigenvalue weighted by molar-refractivity contribution is -0.224. The number of halogens is 6. The minimum Gasteiger partial charge on any atom is -0.432 e. The van der Waals surface area contributed by atoms with Gasteiger partial charge >= 0.3 is 6.11 Å². The molecule has 0 aromatic heterocycles. The van der Waals surface area contributed by atoms with Crippen LogP contribution in [0.2, 0.25) is 0 Å². The monoisotopic (exact) mass is 546 g/mol. The highest BCUT2D eigenvalue weighted by Gasteiger charge is 2.45. The first kappa shape index (κ1) is 27.6. The molecule has 2 fully saturated rings. The average molecular weight is 547 g/mol. The van der Waals surface area contributed by atoms with Gasteiger partial charge in [0, 0.05) is 12.1 Å². The normalized spacial score (nSPS) is 24.0. The Morgan fingerprint density at radius 2 is 1.18 bits per heavy atom. The highest BCUT2D eigenvalue weighted by atomic mass is 19.3. The number of aryl methyl sites for hydroxylation is 1. The highest BCUT2D eigenvalue weighted by molar-refractivity contribution is 5.64. The summed E-state index contributed by atoms with van der Waals surface area (Å²) in [5.41, 5.74) is 3.75. The molecule has 2 aliphatic rings. The molecular weight excluding hydrogens is 514 g/mol. The second kappa shape index (κ2) is 11.3. The fraction of sp³-hybridized carbons (Fsp3) is 0.438. The van der Waals surface area contributed by atoms with Crippen LogP contribution in [0.25, 0.3) is 11.1 Å². The molecule has 0 radical (unpaired) electrons. The van der Waals surface area contributed by atoms with E-state index >= 15 is 4.39 Å². The Morgan fingerprint density at radius 1 is 0.641 bits per heavy atom. The van der Waals surface area contributed by atoms with Crippen LogP contribution < -0.4 is 4.74 Å². The van der Waals surface area contributed by atoms with Crippen LogP contribution in [-0.4, -0.2) is 6.11 Å². The molecular formula is C32H32F6O. The molecule has 0 bridgehead atoms. The van der Waals surface area contributed by atoms with E-state index in [4.69, 9.17) is 0 Å². The Bertz CT molecular complexity index is 1270. The molecule has 208 valence electrons. The van der Waals surface area contributed by atoms with Crippen LogP contribution in [-0.2, 0) is 0 Å². The standard InChI is InChI=1S/C32H32F6O/c1-19-2-4-22(5-3-19)24-12-15-27(28(33)16-24)23-8-6-20(7-9-23)21-10-13-25(14-11-21)32(37,38)39-26-17-29(34)31(36)30(35)18-26/h2-5,12,15-18,20-21,23,25H,6-11,13-14H2,1H3. The van der Waals surface area contributed by atoms with Gasteiger partial charge in [-0.1, -0.05) is 42.0 Å². The summed E-state index contributed by atoms with van der Waals surface area (Å²) in [4.78, 5) is 0. The van der Waals surface area contributed by atoms with Gasteiger partial charge in [-0.3, -0.25) is 0 Å². The van der Waals surface area contributed by atoms with E-state index in [1.165, 1.54) is 0 Å². The molecule has 39 heavy (non-hydrogen) atoms. The number of ether oxygens (including phenoxy) is 1. The lowest BCUT2D eigenvalue weighted by Gasteiger charge is -2.39. The quantitative estimate of drug-likeness (QED) is 0.221. The van der Waals surface area contributed by atoms with Crippen LogP contribution in [0.1, 0.15) is 68.4 Å². The zero-order chi connectivity index (χ0) is 27.7. The van der Waals surface area contributed by atoms with E-state index in [9.17, 15) is 22.0 Å². The topological polar surface area (TPSA) is 9.23 Å². The van der Waals surface area contributed by atoms with E-state index in [0.717, 1.165) is 47.9 Å². The molecule has 0 N–H and O–H groups in total. The number of benzene rings is 3. The van der Waals surface area contributed by atoms with Crippen LogP contribution >= 0.6 is 0 Å². The summed E-state index contributed by atoms with van der Waals surface area (Å²) in [6.07, 6.45) is 1.69. The third-order valence-corrected chi connectivity index (χ3v) is 8.72. The molecule has 0 amide bonds. The van der Waals surface area contributed by atoms with Crippen molar-refractivity contribution in [2.75, 3.05) is 0 Å². The summed E-state index contributed by atoms with van der Waals surface area (Å²) < 4.78 is 89.2. The van der Waals surface area contributed by atoms with E-state index in [1.54, 1.807) is 6.07 Å². The van der Waals surface area contributed by atoms with E-state index in [0.29, 0.717) is 36.8 Å². The molecule has 0 spiro atoms. The Kier molecular flexibility index (Phi) is 7.97. The van der Waals surface area contributed by atoms with Crippen molar-refractivity contribution in [3.8, 4) is 16.9 Å². The van der Waals surface area contributed by atoms with Gasteiger partial charge in [0.05, 0.1) is 5.92 Å². The largest absolute Gasteiger partial charge is 0.432 e. The lowest BCUT2D eigenvalue weighted by atomic mass is 9.68. The van der Waals surface area contributed by atoms with Gasteiger partial charge in [-0.05, 0) is 98.8 Å². The van der Waals surface area contributed by atoms with Crippen LogP contribution in [0.3, 0.4) is 0 Å². The minimum atomic E-state index is -3.61. The van der Waals surface area contributed by atoms with E-state index < -0.39 is 35.2 Å². The van der Waals surface area contributed by atoms with Gasteiger partial charge in [0.25, 0.3) is 0 Å². The molecule has 0 unspecified atom stereocenters. The third kappa shape index (κ3) is 6.12. The molecule has 7 heteroatoms. The fourth-order valence-corrected chi connectivity index (χ4v) is 6.44. The Morgan fingerprint density at radius 3 is 1.74 bits per heavy atom. The number of rotatable bonds is 6. The van der Waals surface area contributed by atoms with Gasteiger partial charge in [0.1, 0.15) is 11.6 Å². The maximum atomic E-state index is 15.1. The Balaban J connectivity index is 1.14. The number of hydrogen-bond acceptors (Lipinski definition) is 1. The summed E-state index contributed by atoms with van der Waals surface area (Å²) in [7, 11) is 0. The smallest absolute Gasteiger partial charge is 0.400 e. The summed E-state index contributed by atoms with van der Waals surface area (Å²) in [5.74, 6) is -5.97. The van der Waals surface area contributed by atoms with Crippen molar-refractivity contribution in [2.24, 2.45) is 17.8 Å². The molecule has 2 saturated carbocycles. The number of alkyl halides is 2. The first-order chi connectivity index (χ1) is 18.6. The van der Waals surface area contributed by atoms with Gasteiger partial charge in [-0.2, -0.15) is 8.78 Å². The summed E-state index contributed by atoms with van der Waals surface area (Å²) in [6, 6.07) is 14.4. The summed E-state index contributed by atoms with van der Waals surface area (Å²) in [5, 5.41) is 0. The molecule has 0 heterocycles. The van der Waals surface area contributed by atoms with Crippen LogP contribution in [0.15, 0.2) is 54.6 Å². The molecule has 3 aromatic rings. The second-order valence-electron chi connectivity index (χ2n) is 11.2. The maximum absolute atomic E-state index is 15.1. The molecule has 0 saturated heterocycles. The van der Waals surface area contributed by atoms with E-state index in [2.05, 4.69) is 4.74 Å². The second-order valence-corrected chi connectivity index (χ2v) is 11.2. The third-order valence-electron chi connectivity index (χ3n) is 8.72. The predicted molar refractivity (Wildman–Crippen MR) is 139 cm³/mol. The zero-order valence-electron chi connectivity index (χ0n) is 21.8. The highest BCUT2D eigenvalue weighted by Crippen LogP contribution is 2.47. The predicted octanol–water partition coefficient (Wildman–Crippen LogP) is 9.97. The number of hydrogen-bond donors (Lipinski definition) is 0. The summed E-state index contributed by atoms with van der Waals surface area (Å²) >= 11 is 0. The van der Waals surface area contributed by atoms with Gasteiger partial charge in [-0.25, -0.2) is 17.6 Å². The molecule has 2 aliphatic carbocycles. The van der Waals surface area contributed by atoms with Gasteiger partial charge in [0.15, 0.2) is 17.5 Å². The van der Waals surface area contributed by atoms with Gasteiger partial charge in [0.2, 0.25) is 0 Å². The van der Waals surface area contributed by atoms with E-state index in [1.807, 2.05) is 43.3 Å². The lowest BCUT2D eigenvalue weighted by Crippen LogP contribution is -2.38. The van der Waals surface area contributed by atoms with Gasteiger partial charge < -0.3 is 4.74 Å². The molecule has 3 aromatic carbocycles. The Labute approximate surface area is 225 Å². The first-order valence-electron chi connectivity index (χ1n) is 13.7. The van der Waals surface area contributed by atoms with Crippen molar-refractivity contribution in [2.45, 2.75) is 70.3 Å². The molecule has 0 aliphatic heterocycles. The van der Waals surface area contributed by atoms with Crippen LogP contribution in [0.5, 0.6) is 5.75 Å². The van der Waals surface area contributed by atoms with Crippen molar-refractivity contribution in [1.29, 1.82) is 0 Å². The van der Waals surface area contributed by atoms with E-state index in [-0.39, 0.29) is 24.6 Å². The van der Waals surface area contributed by atoms with Crippen molar-refractivity contribution in [1.82, 2.24) is 0 Å². The van der Waals surface area contributed by atoms with Crippen molar-refractivity contribution >= 4 is 0 Å². The first-order valence-corrected chi connectivity index (χ1v) is 13.7. The molecule has 5 rings (SSSR count). The van der Waals surface area contributed by atoms with Crippen molar-refractivity contribution in [3.05, 3.63) is 89.0 Å². The van der Waals surface area contributed by atoms with Crippen LogP contribution in [0.4, 0.5) is 26.3 Å². The zero-order valence-corrected chi connectivity index (χ0v) is 21.8. The average Bonchev–Trinajstić information content (AvgIpc) is 2.92. The molecule has 1 nitrogen and oxygen atoms in total. The Hall–Kier alpha value is -2.96. The minimum absolute atomic E-state index is 0.152. The summed E-state index contributed by atoms with van der Waals surface area (Å²) in [6.45, 7) is 2.02. The fourth-order valence-electron chi connectivity index (χ4n) is 6.44. The van der Waals surface area contributed by atoms with Crippen molar-refractivity contribution in [3.63, 3.8) is 0 Å². The van der Waals surface area contributed by atoms with Gasteiger partial charge in [-0.15, -0.1) is 0 Å².